The lowest BCUT2D eigenvalue weighted by molar-refractivity contribution is -0.128. The monoisotopic (exact) mass is 600 g/mol. The molecule has 0 spiro atoms. The fraction of sp³-hybridized carbons (Fsp3) is 0.517. The topological polar surface area (TPSA) is 124 Å². The van der Waals surface area contributed by atoms with E-state index in [9.17, 15) is 19.2 Å². The molecule has 4 amide bonds. The molecule has 220 valence electrons. The molecule has 2 fully saturated rings. The van der Waals surface area contributed by atoms with Crippen molar-refractivity contribution in [3.8, 4) is 0 Å². The van der Waals surface area contributed by atoms with Gasteiger partial charge in [-0.05, 0) is 76.2 Å². The van der Waals surface area contributed by atoms with Gasteiger partial charge in [-0.25, -0.2) is 4.98 Å². The van der Waals surface area contributed by atoms with E-state index in [1.54, 1.807) is 0 Å². The SMILES string of the molecule is C=Nc1cc(C(=O)NCC2CCN(C)CC2)ccc1C(=O)N(C=O)C(CC1CCCCC1)C(=O)Nc1ncc(Cl)s1. The van der Waals surface area contributed by atoms with Crippen molar-refractivity contribution >= 4 is 64.6 Å². The van der Waals surface area contributed by atoms with E-state index in [2.05, 4.69) is 39.3 Å². The van der Waals surface area contributed by atoms with E-state index in [1.165, 1.54) is 24.4 Å². The van der Waals surface area contributed by atoms with Crippen LogP contribution < -0.4 is 10.6 Å². The molecule has 1 aromatic carbocycles. The van der Waals surface area contributed by atoms with Crippen molar-refractivity contribution in [2.24, 2.45) is 16.8 Å². The number of hydrogen-bond acceptors (Lipinski definition) is 8. The van der Waals surface area contributed by atoms with Crippen molar-refractivity contribution in [2.45, 2.75) is 57.4 Å². The average Bonchev–Trinajstić information content (AvgIpc) is 3.40. The Morgan fingerprint density at radius 3 is 2.56 bits per heavy atom. The van der Waals surface area contributed by atoms with E-state index in [-0.39, 0.29) is 28.2 Å². The Bertz CT molecular complexity index is 1260. The van der Waals surface area contributed by atoms with Gasteiger partial charge >= 0.3 is 0 Å². The third-order valence-electron chi connectivity index (χ3n) is 8.03. The maximum Gasteiger partial charge on any atom is 0.263 e. The van der Waals surface area contributed by atoms with Crippen LogP contribution in [0.1, 0.15) is 72.1 Å². The number of halogens is 1. The van der Waals surface area contributed by atoms with Crippen LogP contribution in [0.25, 0.3) is 0 Å². The number of carbonyl (C=O) groups is 4. The number of piperidine rings is 1. The Kier molecular flexibility index (Phi) is 11.0. The lowest BCUT2D eigenvalue weighted by Gasteiger charge is -2.31. The largest absolute Gasteiger partial charge is 0.352 e. The van der Waals surface area contributed by atoms with Gasteiger partial charge in [-0.2, -0.15) is 0 Å². The van der Waals surface area contributed by atoms with Crippen molar-refractivity contribution in [3.05, 3.63) is 39.9 Å². The number of anilines is 1. The third-order valence-corrected chi connectivity index (χ3v) is 9.06. The minimum Gasteiger partial charge on any atom is -0.352 e. The van der Waals surface area contributed by atoms with Crippen LogP contribution >= 0.6 is 22.9 Å². The average molecular weight is 601 g/mol. The quantitative estimate of drug-likeness (QED) is 0.283. The zero-order valence-corrected chi connectivity index (χ0v) is 24.9. The Labute approximate surface area is 249 Å². The number of aromatic nitrogens is 1. The number of hydrogen-bond donors (Lipinski definition) is 2. The van der Waals surface area contributed by atoms with Crippen LogP contribution in [-0.4, -0.2) is 78.4 Å². The molecule has 0 bridgehead atoms. The second kappa shape index (κ2) is 14.7. The summed E-state index contributed by atoms with van der Waals surface area (Å²) in [6.45, 7) is 6.16. The minimum atomic E-state index is -1.05. The number of amides is 4. The predicted octanol–water partition coefficient (Wildman–Crippen LogP) is 4.78. The minimum absolute atomic E-state index is 0.0812. The molecule has 10 nitrogen and oxygen atoms in total. The third kappa shape index (κ3) is 8.21. The predicted molar refractivity (Wildman–Crippen MR) is 161 cm³/mol. The summed E-state index contributed by atoms with van der Waals surface area (Å²) in [4.78, 5) is 63.6. The highest BCUT2D eigenvalue weighted by molar-refractivity contribution is 7.19. The number of thiazole rings is 1. The summed E-state index contributed by atoms with van der Waals surface area (Å²) in [6, 6.07) is 3.42. The molecular formula is C29H37ClN6O4S. The molecule has 1 aliphatic carbocycles. The lowest BCUT2D eigenvalue weighted by Crippen LogP contribution is -2.47. The zero-order chi connectivity index (χ0) is 29.4. The van der Waals surface area contributed by atoms with Crippen LogP contribution in [0.4, 0.5) is 10.8 Å². The molecule has 1 saturated heterocycles. The molecule has 2 N–H and O–H groups in total. The fourth-order valence-electron chi connectivity index (χ4n) is 5.58. The van der Waals surface area contributed by atoms with Crippen molar-refractivity contribution in [3.63, 3.8) is 0 Å². The Morgan fingerprint density at radius 1 is 1.20 bits per heavy atom. The van der Waals surface area contributed by atoms with E-state index in [0.717, 1.165) is 74.3 Å². The zero-order valence-electron chi connectivity index (χ0n) is 23.3. The van der Waals surface area contributed by atoms with Crippen LogP contribution in [0, 0.1) is 11.8 Å². The van der Waals surface area contributed by atoms with Gasteiger partial charge < -0.3 is 15.5 Å². The molecule has 1 saturated carbocycles. The van der Waals surface area contributed by atoms with Gasteiger partial charge in [0.05, 0.1) is 17.4 Å². The summed E-state index contributed by atoms with van der Waals surface area (Å²) in [7, 11) is 2.09. The standard InChI is InChI=1S/C29H37ClN6O4S/c1-31-23-15-21(26(38)32-16-20-10-12-35(2)13-11-20)8-9-22(23)28(40)36(18-37)24(14-19-6-4-3-5-7-19)27(39)34-29-33-17-25(30)41-29/h8-9,15,17-20,24H,1,3-7,10-14,16H2,2H3,(H,32,38)(H,33,34,39). The molecule has 4 rings (SSSR count). The molecule has 1 atom stereocenters. The number of rotatable bonds is 11. The molecule has 1 aromatic heterocycles. The second-order valence-electron chi connectivity index (χ2n) is 10.9. The first kappa shape index (κ1) is 30.8. The first-order valence-corrected chi connectivity index (χ1v) is 15.3. The van der Waals surface area contributed by atoms with Gasteiger partial charge in [-0.15, -0.1) is 0 Å². The Hall–Kier alpha value is -3.15. The van der Waals surface area contributed by atoms with Crippen LogP contribution in [0.5, 0.6) is 0 Å². The highest BCUT2D eigenvalue weighted by atomic mass is 35.5. The van der Waals surface area contributed by atoms with E-state index >= 15 is 0 Å². The van der Waals surface area contributed by atoms with Crippen molar-refractivity contribution in [2.75, 3.05) is 32.0 Å². The highest BCUT2D eigenvalue weighted by Crippen LogP contribution is 2.31. The molecular weight excluding hydrogens is 564 g/mol. The number of nitrogens with one attached hydrogen (secondary N) is 2. The summed E-state index contributed by atoms with van der Waals surface area (Å²) < 4.78 is 0.407. The molecule has 12 heteroatoms. The van der Waals surface area contributed by atoms with Crippen molar-refractivity contribution in [1.82, 2.24) is 20.1 Å². The summed E-state index contributed by atoms with van der Waals surface area (Å²) in [5, 5.41) is 5.98. The van der Waals surface area contributed by atoms with Gasteiger partial charge in [0, 0.05) is 12.1 Å². The smallest absolute Gasteiger partial charge is 0.263 e. The van der Waals surface area contributed by atoms with E-state index < -0.39 is 17.9 Å². The molecule has 0 radical (unpaired) electrons. The molecule has 1 unspecified atom stereocenters. The van der Waals surface area contributed by atoms with Crippen LogP contribution in [0.15, 0.2) is 29.4 Å². The Balaban J connectivity index is 1.51. The normalized spacial score (nSPS) is 17.4. The van der Waals surface area contributed by atoms with Gasteiger partial charge in [-0.1, -0.05) is 55.0 Å². The van der Waals surface area contributed by atoms with Gasteiger partial charge in [0.15, 0.2) is 5.13 Å². The van der Waals surface area contributed by atoms with E-state index in [1.807, 2.05) is 0 Å². The maximum atomic E-state index is 13.7. The molecule has 1 aliphatic heterocycles. The first-order chi connectivity index (χ1) is 19.8. The van der Waals surface area contributed by atoms with Crippen molar-refractivity contribution in [1.29, 1.82) is 0 Å². The lowest BCUT2D eigenvalue weighted by atomic mass is 9.84. The maximum absolute atomic E-state index is 13.7. The number of benzene rings is 1. The summed E-state index contributed by atoms with van der Waals surface area (Å²) in [6.07, 6.45) is 9.27. The number of nitrogens with zero attached hydrogens (tertiary/aromatic N) is 4. The number of imide groups is 1. The summed E-state index contributed by atoms with van der Waals surface area (Å²) in [5.74, 6) is -0.852. The molecule has 2 heterocycles. The van der Waals surface area contributed by atoms with Gasteiger partial charge in [0.1, 0.15) is 10.4 Å². The first-order valence-electron chi connectivity index (χ1n) is 14.1. The van der Waals surface area contributed by atoms with Crippen LogP contribution in [-0.2, 0) is 9.59 Å². The molecule has 41 heavy (non-hydrogen) atoms. The van der Waals surface area contributed by atoms with Gasteiger partial charge in [-0.3, -0.25) is 29.1 Å². The summed E-state index contributed by atoms with van der Waals surface area (Å²) >= 11 is 7.06. The van der Waals surface area contributed by atoms with Crippen molar-refractivity contribution < 1.29 is 19.2 Å². The highest BCUT2D eigenvalue weighted by Gasteiger charge is 2.34. The second-order valence-corrected chi connectivity index (χ2v) is 12.5. The number of carbonyl (C=O) groups excluding carboxylic acids is 4. The van der Waals surface area contributed by atoms with Gasteiger partial charge in [0.2, 0.25) is 12.3 Å². The Morgan fingerprint density at radius 2 is 1.93 bits per heavy atom. The number of aliphatic imine (C=N–C) groups is 1. The fourth-order valence-corrected chi connectivity index (χ4v) is 6.39. The molecule has 2 aromatic rings. The van der Waals surface area contributed by atoms with Crippen LogP contribution in [0.2, 0.25) is 4.34 Å². The number of likely N-dealkylation sites (tertiary alicyclic amines) is 1. The summed E-state index contributed by atoms with van der Waals surface area (Å²) in [5.41, 5.74) is 0.585. The van der Waals surface area contributed by atoms with E-state index in [4.69, 9.17) is 11.6 Å². The molecule has 2 aliphatic rings. The van der Waals surface area contributed by atoms with Gasteiger partial charge in [0.25, 0.3) is 11.8 Å². The van der Waals surface area contributed by atoms with E-state index in [0.29, 0.717) is 35.2 Å². The van der Waals surface area contributed by atoms with Crippen LogP contribution in [0.3, 0.4) is 0 Å².